The van der Waals surface area contributed by atoms with E-state index in [9.17, 15) is 13.2 Å². The maximum absolute atomic E-state index is 14.0. The number of methoxy groups -OCH3 is 2. The zero-order valence-electron chi connectivity index (χ0n) is 23.5. The van der Waals surface area contributed by atoms with E-state index in [1.54, 1.807) is 24.3 Å². The van der Waals surface area contributed by atoms with Crippen LogP contribution >= 0.6 is 0 Å². The summed E-state index contributed by atoms with van der Waals surface area (Å²) in [7, 11) is -1.30. The molecule has 1 atom stereocenters. The van der Waals surface area contributed by atoms with Gasteiger partial charge in [-0.05, 0) is 61.4 Å². The molecule has 41 heavy (non-hydrogen) atoms. The molecule has 0 heterocycles. The van der Waals surface area contributed by atoms with Crippen LogP contribution in [-0.2, 0) is 14.8 Å². The summed E-state index contributed by atoms with van der Waals surface area (Å²) in [5.41, 5.74) is 3.16. The second-order valence-corrected chi connectivity index (χ2v) is 11.1. The van der Waals surface area contributed by atoms with Gasteiger partial charge in [0.1, 0.15) is 12.3 Å². The topological polar surface area (TPSA) is 94.2 Å². The predicted octanol–water partition coefficient (Wildman–Crippen LogP) is 5.51. The summed E-state index contributed by atoms with van der Waals surface area (Å²) in [6, 6.07) is 27.9. The van der Waals surface area contributed by atoms with Crippen LogP contribution in [0, 0.1) is 6.92 Å². The number of ether oxygens (including phenoxy) is 3. The van der Waals surface area contributed by atoms with Crippen LogP contribution in [0.5, 0.6) is 17.2 Å². The van der Waals surface area contributed by atoms with E-state index in [0.29, 0.717) is 23.8 Å². The third-order valence-electron chi connectivity index (χ3n) is 6.51. The molecular weight excluding hydrogens is 540 g/mol. The van der Waals surface area contributed by atoms with Crippen molar-refractivity contribution in [3.05, 3.63) is 114 Å². The van der Waals surface area contributed by atoms with Crippen molar-refractivity contribution in [2.45, 2.75) is 24.8 Å². The van der Waals surface area contributed by atoms with E-state index < -0.39 is 28.5 Å². The Morgan fingerprint density at radius 2 is 1.46 bits per heavy atom. The number of hydrogen-bond acceptors (Lipinski definition) is 6. The number of anilines is 1. The number of nitrogens with one attached hydrogen (secondary N) is 1. The molecule has 0 unspecified atom stereocenters. The van der Waals surface area contributed by atoms with Crippen molar-refractivity contribution >= 4 is 21.6 Å². The fraction of sp³-hybridized carbons (Fsp3) is 0.219. The molecule has 1 amide bonds. The summed E-state index contributed by atoms with van der Waals surface area (Å²) in [6.07, 6.45) is 0. The number of carbonyl (C=O) groups is 1. The first-order chi connectivity index (χ1) is 19.8. The third-order valence-corrected chi connectivity index (χ3v) is 8.28. The van der Waals surface area contributed by atoms with Crippen molar-refractivity contribution in [1.29, 1.82) is 0 Å². The average molecular weight is 575 g/mol. The molecule has 0 saturated carbocycles. The summed E-state index contributed by atoms with van der Waals surface area (Å²) in [6.45, 7) is 3.87. The first kappa shape index (κ1) is 29.5. The lowest BCUT2D eigenvalue weighted by atomic mass is 9.98. The van der Waals surface area contributed by atoms with Gasteiger partial charge in [0.15, 0.2) is 11.5 Å². The summed E-state index contributed by atoms with van der Waals surface area (Å²) >= 11 is 0. The standard InChI is InChI=1S/C32H34N2O6S/c1-5-40-27-17-15-26(16-18-27)34(41(36,37)28-19-20-29(38-3)30(21-28)39-4)22-31(35)33-32(24-9-7-6-8-10-24)25-13-11-23(2)12-14-25/h6-21,32H,5,22H2,1-4H3,(H,33,35)/t32-/m1/s1. The smallest absolute Gasteiger partial charge is 0.264 e. The van der Waals surface area contributed by atoms with Crippen LogP contribution in [0.2, 0.25) is 0 Å². The monoisotopic (exact) mass is 574 g/mol. The molecule has 4 aromatic carbocycles. The summed E-state index contributed by atoms with van der Waals surface area (Å²) in [4.78, 5) is 13.6. The molecule has 9 heteroatoms. The summed E-state index contributed by atoms with van der Waals surface area (Å²) < 4.78 is 45.3. The molecule has 4 rings (SSSR count). The lowest BCUT2D eigenvalue weighted by Crippen LogP contribution is -2.42. The van der Waals surface area contributed by atoms with Crippen LogP contribution < -0.4 is 23.8 Å². The number of amides is 1. The van der Waals surface area contributed by atoms with E-state index >= 15 is 0 Å². The number of rotatable bonds is 12. The van der Waals surface area contributed by atoms with Crippen LogP contribution in [0.1, 0.15) is 29.7 Å². The van der Waals surface area contributed by atoms with Gasteiger partial charge >= 0.3 is 0 Å². The number of nitrogens with zero attached hydrogens (tertiary/aromatic N) is 1. The van der Waals surface area contributed by atoms with Crippen molar-refractivity contribution in [3.63, 3.8) is 0 Å². The molecule has 0 spiro atoms. The number of carbonyl (C=O) groups excluding carboxylic acids is 1. The third kappa shape index (κ3) is 6.99. The van der Waals surface area contributed by atoms with Crippen LogP contribution in [0.4, 0.5) is 5.69 Å². The van der Waals surface area contributed by atoms with Gasteiger partial charge in [-0.1, -0.05) is 60.2 Å². The second-order valence-electron chi connectivity index (χ2n) is 9.28. The van der Waals surface area contributed by atoms with E-state index in [2.05, 4.69) is 5.32 Å². The maximum atomic E-state index is 14.0. The molecule has 214 valence electrons. The highest BCUT2D eigenvalue weighted by Crippen LogP contribution is 2.33. The lowest BCUT2D eigenvalue weighted by Gasteiger charge is -2.26. The minimum Gasteiger partial charge on any atom is -0.494 e. The van der Waals surface area contributed by atoms with Crippen LogP contribution in [0.3, 0.4) is 0 Å². The second kappa shape index (κ2) is 13.2. The van der Waals surface area contributed by atoms with Gasteiger partial charge in [-0.25, -0.2) is 8.42 Å². The number of hydrogen-bond donors (Lipinski definition) is 1. The molecule has 1 N–H and O–H groups in total. The summed E-state index contributed by atoms with van der Waals surface area (Å²) in [5.74, 6) is 0.763. The zero-order valence-corrected chi connectivity index (χ0v) is 24.4. The predicted molar refractivity (Wildman–Crippen MR) is 159 cm³/mol. The van der Waals surface area contributed by atoms with Gasteiger partial charge in [-0.3, -0.25) is 9.10 Å². The fourth-order valence-corrected chi connectivity index (χ4v) is 5.83. The molecule has 0 bridgehead atoms. The van der Waals surface area contributed by atoms with Crippen LogP contribution in [0.25, 0.3) is 0 Å². The Labute approximate surface area is 241 Å². The Morgan fingerprint density at radius 1 is 0.829 bits per heavy atom. The zero-order chi connectivity index (χ0) is 29.4. The highest BCUT2D eigenvalue weighted by Gasteiger charge is 2.29. The van der Waals surface area contributed by atoms with Gasteiger partial charge in [0, 0.05) is 6.07 Å². The van der Waals surface area contributed by atoms with E-state index in [1.165, 1.54) is 32.4 Å². The molecule has 0 aromatic heterocycles. The largest absolute Gasteiger partial charge is 0.494 e. The summed E-state index contributed by atoms with van der Waals surface area (Å²) in [5, 5.41) is 3.05. The van der Waals surface area contributed by atoms with Crippen molar-refractivity contribution in [1.82, 2.24) is 5.32 Å². The van der Waals surface area contributed by atoms with Crippen molar-refractivity contribution in [2.24, 2.45) is 0 Å². The lowest BCUT2D eigenvalue weighted by molar-refractivity contribution is -0.120. The number of sulfonamides is 1. The van der Waals surface area contributed by atoms with Gasteiger partial charge in [0.2, 0.25) is 5.91 Å². The molecule has 0 aliphatic heterocycles. The van der Waals surface area contributed by atoms with Gasteiger partial charge < -0.3 is 19.5 Å². The highest BCUT2D eigenvalue weighted by molar-refractivity contribution is 7.92. The van der Waals surface area contributed by atoms with E-state index in [0.717, 1.165) is 21.0 Å². The fourth-order valence-electron chi connectivity index (χ4n) is 4.40. The van der Waals surface area contributed by atoms with Gasteiger partial charge in [0.05, 0.1) is 37.5 Å². The Bertz CT molecular complexity index is 1560. The van der Waals surface area contributed by atoms with Gasteiger partial charge in [-0.15, -0.1) is 0 Å². The molecule has 0 aliphatic rings. The van der Waals surface area contributed by atoms with Crippen molar-refractivity contribution < 1.29 is 27.4 Å². The Hall–Kier alpha value is -4.50. The Kier molecular flexibility index (Phi) is 9.52. The normalized spacial score (nSPS) is 11.8. The molecule has 0 radical (unpaired) electrons. The van der Waals surface area contributed by atoms with Crippen LogP contribution in [-0.4, -0.2) is 41.7 Å². The molecule has 0 fully saturated rings. The molecular formula is C32H34N2O6S. The van der Waals surface area contributed by atoms with Crippen molar-refractivity contribution in [3.8, 4) is 17.2 Å². The molecule has 0 saturated heterocycles. The van der Waals surface area contributed by atoms with E-state index in [-0.39, 0.29) is 10.6 Å². The van der Waals surface area contributed by atoms with Gasteiger partial charge in [-0.2, -0.15) is 0 Å². The molecule has 8 nitrogen and oxygen atoms in total. The van der Waals surface area contributed by atoms with E-state index in [4.69, 9.17) is 14.2 Å². The van der Waals surface area contributed by atoms with E-state index in [1.807, 2.05) is 68.4 Å². The average Bonchev–Trinajstić information content (AvgIpc) is 3.00. The Morgan fingerprint density at radius 3 is 2.07 bits per heavy atom. The van der Waals surface area contributed by atoms with Crippen molar-refractivity contribution in [2.75, 3.05) is 31.7 Å². The first-order valence-electron chi connectivity index (χ1n) is 13.1. The quantitative estimate of drug-likeness (QED) is 0.240. The number of aryl methyl sites for hydroxylation is 1. The van der Waals surface area contributed by atoms with Crippen LogP contribution in [0.15, 0.2) is 102 Å². The Balaban J connectivity index is 1.71. The SMILES string of the molecule is CCOc1ccc(N(CC(=O)N[C@H](c2ccccc2)c2ccc(C)cc2)S(=O)(=O)c2ccc(OC)c(OC)c2)cc1. The minimum atomic E-state index is -4.21. The molecule has 4 aromatic rings. The number of benzene rings is 4. The highest BCUT2D eigenvalue weighted by atomic mass is 32.2. The minimum absolute atomic E-state index is 0.0463. The maximum Gasteiger partial charge on any atom is 0.264 e. The molecule has 0 aliphatic carbocycles. The first-order valence-corrected chi connectivity index (χ1v) is 14.6. The van der Waals surface area contributed by atoms with Gasteiger partial charge in [0.25, 0.3) is 10.0 Å².